The summed E-state index contributed by atoms with van der Waals surface area (Å²) in [5, 5.41) is 8.03. The third-order valence-corrected chi connectivity index (χ3v) is 7.00. The van der Waals surface area contributed by atoms with Crippen LogP contribution in [-0.4, -0.2) is 0 Å². The van der Waals surface area contributed by atoms with Gasteiger partial charge in [0.2, 0.25) is 0 Å². The Morgan fingerprint density at radius 3 is 1.59 bits per heavy atom. The van der Waals surface area contributed by atoms with Gasteiger partial charge in [-0.1, -0.05) is 103 Å². The van der Waals surface area contributed by atoms with Gasteiger partial charge in [-0.25, -0.2) is 0 Å². The molecule has 6 rings (SSSR count). The van der Waals surface area contributed by atoms with Crippen LogP contribution in [0.25, 0.3) is 54.6 Å². The molecule has 0 aliphatic rings. The maximum Gasteiger partial charge on any atom is 0.0294 e. The summed E-state index contributed by atoms with van der Waals surface area (Å²) in [5.74, 6) is 0. The molecule has 0 bridgehead atoms. The molecule has 29 heavy (non-hydrogen) atoms. The minimum absolute atomic E-state index is 1.27. The molecule has 0 saturated carbocycles. The monoisotopic (exact) mass is 480 g/mol. The molecular weight excluding hydrogens is 463 g/mol. The summed E-state index contributed by atoms with van der Waals surface area (Å²) in [4.78, 5) is 0. The first kappa shape index (κ1) is 17.0. The van der Waals surface area contributed by atoms with E-state index in [0.717, 1.165) is 0 Å². The molecule has 136 valence electrons. The van der Waals surface area contributed by atoms with Crippen LogP contribution in [0.5, 0.6) is 0 Å². The molecule has 0 spiro atoms. The van der Waals surface area contributed by atoms with Gasteiger partial charge in [0, 0.05) is 9.13 Å². The van der Waals surface area contributed by atoms with Crippen LogP contribution >= 0.6 is 22.6 Å². The molecule has 0 atom stereocenters. The van der Waals surface area contributed by atoms with Gasteiger partial charge in [0.05, 0.1) is 0 Å². The summed E-state index contributed by atoms with van der Waals surface area (Å²) in [6.07, 6.45) is 0. The highest BCUT2D eigenvalue weighted by Gasteiger charge is 2.20. The first-order valence-electron chi connectivity index (χ1n) is 9.83. The highest BCUT2D eigenvalue weighted by atomic mass is 127. The zero-order valence-corrected chi connectivity index (χ0v) is 17.9. The second kappa shape index (κ2) is 6.57. The molecule has 0 fully saturated rings. The Morgan fingerprint density at radius 1 is 0.414 bits per heavy atom. The van der Waals surface area contributed by atoms with E-state index in [1.807, 2.05) is 0 Å². The van der Waals surface area contributed by atoms with E-state index in [-0.39, 0.29) is 0 Å². The molecule has 1 heteroatoms. The second-order valence-corrected chi connectivity index (χ2v) is 8.56. The fraction of sp³-hybridized carbons (Fsp3) is 0. The lowest BCUT2D eigenvalue weighted by Crippen LogP contribution is -1.95. The van der Waals surface area contributed by atoms with Gasteiger partial charge in [0.1, 0.15) is 0 Å². The summed E-state index contributed by atoms with van der Waals surface area (Å²) in [6.45, 7) is 0. The van der Waals surface area contributed by atoms with Crippen molar-refractivity contribution in [1.82, 2.24) is 0 Å². The largest absolute Gasteiger partial charge is 0.0622 e. The van der Waals surface area contributed by atoms with Crippen LogP contribution < -0.4 is 0 Å². The van der Waals surface area contributed by atoms with E-state index in [4.69, 9.17) is 0 Å². The predicted molar refractivity (Wildman–Crippen MR) is 134 cm³/mol. The van der Waals surface area contributed by atoms with Crippen molar-refractivity contribution >= 4 is 54.9 Å². The van der Waals surface area contributed by atoms with Crippen molar-refractivity contribution in [2.45, 2.75) is 0 Å². The zero-order chi connectivity index (χ0) is 19.4. The topological polar surface area (TPSA) is 0 Å². The Labute approximate surface area is 183 Å². The van der Waals surface area contributed by atoms with E-state index < -0.39 is 0 Å². The average molecular weight is 480 g/mol. The lowest BCUT2D eigenvalue weighted by molar-refractivity contribution is 1.60. The van der Waals surface area contributed by atoms with E-state index in [1.165, 1.54) is 58.1 Å². The molecule has 0 N–H and O–H groups in total. The maximum absolute atomic E-state index is 2.56. The van der Waals surface area contributed by atoms with Crippen LogP contribution in [0, 0.1) is 3.57 Å². The lowest BCUT2D eigenvalue weighted by Gasteiger charge is -2.20. The van der Waals surface area contributed by atoms with Crippen molar-refractivity contribution in [2.75, 3.05) is 0 Å². The maximum atomic E-state index is 2.56. The lowest BCUT2D eigenvalue weighted by atomic mass is 9.85. The van der Waals surface area contributed by atoms with Crippen molar-refractivity contribution in [3.63, 3.8) is 0 Å². The van der Waals surface area contributed by atoms with Crippen LogP contribution in [0.4, 0.5) is 0 Å². The van der Waals surface area contributed by atoms with Crippen LogP contribution in [0.2, 0.25) is 0 Å². The predicted octanol–water partition coefficient (Wildman–Crippen LogP) is 8.52. The number of rotatable bonds is 2. The molecule has 0 aliphatic carbocycles. The van der Waals surface area contributed by atoms with Crippen molar-refractivity contribution in [3.05, 3.63) is 107 Å². The Kier molecular flexibility index (Phi) is 3.85. The minimum Gasteiger partial charge on any atom is -0.0622 e. The van der Waals surface area contributed by atoms with E-state index in [0.29, 0.717) is 0 Å². The molecule has 0 radical (unpaired) electrons. The first-order chi connectivity index (χ1) is 14.3. The standard InChI is InChI=1S/C28H17I/c29-28-23-17-15-21-13-7-12-20-14-16-22(27(23)24(20)21)25(18-8-3-1-4-9-18)26(28)19-10-5-2-6-11-19/h1-17H. The van der Waals surface area contributed by atoms with Gasteiger partial charge in [-0.15, -0.1) is 0 Å². The van der Waals surface area contributed by atoms with Gasteiger partial charge in [0.25, 0.3) is 0 Å². The number of hydrogen-bond acceptors (Lipinski definition) is 0. The summed E-state index contributed by atoms with van der Waals surface area (Å²) in [7, 11) is 0. The van der Waals surface area contributed by atoms with Crippen molar-refractivity contribution in [1.29, 1.82) is 0 Å². The molecule has 0 nitrogen and oxygen atoms in total. The number of halogens is 1. The summed E-state index contributed by atoms with van der Waals surface area (Å²) < 4.78 is 1.32. The van der Waals surface area contributed by atoms with Crippen molar-refractivity contribution in [3.8, 4) is 22.3 Å². The second-order valence-electron chi connectivity index (χ2n) is 7.48. The Bertz CT molecular complexity index is 1470. The molecule has 0 aliphatic heterocycles. The normalized spacial score (nSPS) is 11.6. The van der Waals surface area contributed by atoms with Crippen LogP contribution in [0.1, 0.15) is 0 Å². The Morgan fingerprint density at radius 2 is 0.966 bits per heavy atom. The summed E-state index contributed by atoms with van der Waals surface area (Å²) in [6, 6.07) is 37.4. The van der Waals surface area contributed by atoms with E-state index in [2.05, 4.69) is 126 Å². The van der Waals surface area contributed by atoms with Gasteiger partial charge in [-0.2, -0.15) is 0 Å². The van der Waals surface area contributed by atoms with E-state index in [1.54, 1.807) is 0 Å². The van der Waals surface area contributed by atoms with Crippen LogP contribution in [-0.2, 0) is 0 Å². The quantitative estimate of drug-likeness (QED) is 0.172. The molecule has 0 amide bonds. The van der Waals surface area contributed by atoms with Crippen molar-refractivity contribution in [2.24, 2.45) is 0 Å². The van der Waals surface area contributed by atoms with E-state index >= 15 is 0 Å². The fourth-order valence-corrected chi connectivity index (χ4v) is 5.66. The molecule has 6 aromatic rings. The minimum atomic E-state index is 1.27. The average Bonchev–Trinajstić information content (AvgIpc) is 2.79. The van der Waals surface area contributed by atoms with Gasteiger partial charge in [-0.3, -0.25) is 0 Å². The Hall–Kier alpha value is -2.91. The molecule has 6 aromatic carbocycles. The number of hydrogen-bond donors (Lipinski definition) is 0. The highest BCUT2D eigenvalue weighted by Crippen LogP contribution is 2.47. The molecule has 0 aromatic heterocycles. The van der Waals surface area contributed by atoms with Crippen molar-refractivity contribution < 1.29 is 0 Å². The number of benzene rings is 6. The first-order valence-corrected chi connectivity index (χ1v) is 10.9. The third kappa shape index (κ3) is 2.50. The van der Waals surface area contributed by atoms with Gasteiger partial charge < -0.3 is 0 Å². The summed E-state index contributed by atoms with van der Waals surface area (Å²) >= 11 is 2.56. The summed E-state index contributed by atoms with van der Waals surface area (Å²) in [5.41, 5.74) is 5.18. The van der Waals surface area contributed by atoms with Crippen LogP contribution in [0.15, 0.2) is 103 Å². The van der Waals surface area contributed by atoms with Gasteiger partial charge >= 0.3 is 0 Å². The van der Waals surface area contributed by atoms with Gasteiger partial charge in [-0.05, 0) is 71.6 Å². The molecule has 0 heterocycles. The fourth-order valence-electron chi connectivity index (χ4n) is 4.63. The molecule has 0 unspecified atom stereocenters. The van der Waals surface area contributed by atoms with Gasteiger partial charge in [0.15, 0.2) is 0 Å². The molecule has 0 saturated heterocycles. The zero-order valence-electron chi connectivity index (χ0n) is 15.7. The SMILES string of the molecule is Ic1c(-c2ccccc2)c(-c2ccccc2)c2ccc3cccc4ccc1c2c43. The third-order valence-electron chi connectivity index (χ3n) is 5.88. The smallest absolute Gasteiger partial charge is 0.0294 e. The Balaban J connectivity index is 1.90. The van der Waals surface area contributed by atoms with Crippen LogP contribution in [0.3, 0.4) is 0 Å². The van der Waals surface area contributed by atoms with E-state index in [9.17, 15) is 0 Å². The highest BCUT2D eigenvalue weighted by molar-refractivity contribution is 14.1. The molecular formula is C28H17I.